The fraction of sp³-hybridized carbons (Fsp3) is 0.533. The summed E-state index contributed by atoms with van der Waals surface area (Å²) in [5, 5.41) is 4.39. The fourth-order valence-corrected chi connectivity index (χ4v) is 3.99. The van der Waals surface area contributed by atoms with Crippen molar-refractivity contribution in [2.45, 2.75) is 25.5 Å². The van der Waals surface area contributed by atoms with Gasteiger partial charge in [-0.25, -0.2) is 0 Å². The molecule has 3 heteroatoms. The second kappa shape index (κ2) is 3.82. The van der Waals surface area contributed by atoms with Gasteiger partial charge in [-0.2, -0.15) is 0 Å². The monoisotopic (exact) mass is 242 g/mol. The Morgan fingerprint density at radius 3 is 2.94 bits per heavy atom. The third kappa shape index (κ3) is 1.31. The number of fused-ring (bicyclic) bond motifs is 5. The summed E-state index contributed by atoms with van der Waals surface area (Å²) in [6.45, 7) is 4.59. The molecule has 0 aromatic heterocycles. The first-order valence-electron chi connectivity index (χ1n) is 6.91. The quantitative estimate of drug-likeness (QED) is 0.793. The molecule has 4 unspecified atom stereocenters. The SMILES string of the molecule is CCN1CC2CC1C1ON=C(c3ccccc3)C21. The van der Waals surface area contributed by atoms with E-state index in [-0.39, 0.29) is 0 Å². The standard InChI is InChI=1S/C15H18N2O/c1-2-17-9-11-8-12(17)15-13(11)14(16-18-15)10-6-4-3-5-7-10/h3-7,11-13,15H,2,8-9H2,1H3. The van der Waals surface area contributed by atoms with Gasteiger partial charge in [0.2, 0.25) is 0 Å². The number of oxime groups is 1. The Morgan fingerprint density at radius 2 is 2.17 bits per heavy atom. The van der Waals surface area contributed by atoms with Crippen molar-refractivity contribution in [2.24, 2.45) is 17.0 Å². The Morgan fingerprint density at radius 1 is 1.33 bits per heavy atom. The summed E-state index contributed by atoms with van der Waals surface area (Å²) in [7, 11) is 0. The molecule has 94 valence electrons. The van der Waals surface area contributed by atoms with Gasteiger partial charge in [0, 0.05) is 6.54 Å². The van der Waals surface area contributed by atoms with Crippen molar-refractivity contribution in [1.82, 2.24) is 4.90 Å². The Kier molecular flexibility index (Phi) is 2.24. The molecule has 1 aliphatic carbocycles. The maximum atomic E-state index is 5.76. The molecule has 4 atom stereocenters. The van der Waals surface area contributed by atoms with Gasteiger partial charge in [-0.1, -0.05) is 42.4 Å². The largest absolute Gasteiger partial charge is 0.390 e. The molecule has 2 heterocycles. The topological polar surface area (TPSA) is 24.8 Å². The van der Waals surface area contributed by atoms with Crippen LogP contribution in [0.2, 0.25) is 0 Å². The molecule has 2 aliphatic heterocycles. The molecule has 1 aromatic carbocycles. The maximum absolute atomic E-state index is 5.76. The highest BCUT2D eigenvalue weighted by Crippen LogP contribution is 2.47. The van der Waals surface area contributed by atoms with E-state index >= 15 is 0 Å². The van der Waals surface area contributed by atoms with Crippen molar-refractivity contribution in [3.8, 4) is 0 Å². The number of benzene rings is 1. The summed E-state index contributed by atoms with van der Waals surface area (Å²) in [5.41, 5.74) is 2.42. The Hall–Kier alpha value is -1.35. The van der Waals surface area contributed by atoms with E-state index in [4.69, 9.17) is 4.84 Å². The summed E-state index contributed by atoms with van der Waals surface area (Å²) in [6.07, 6.45) is 1.59. The van der Waals surface area contributed by atoms with Gasteiger partial charge >= 0.3 is 0 Å². The number of nitrogens with zero attached hydrogens (tertiary/aromatic N) is 2. The smallest absolute Gasteiger partial charge is 0.151 e. The maximum Gasteiger partial charge on any atom is 0.151 e. The molecule has 1 saturated carbocycles. The zero-order valence-corrected chi connectivity index (χ0v) is 10.6. The molecular formula is C15H18N2O. The van der Waals surface area contributed by atoms with Gasteiger partial charge in [-0.15, -0.1) is 0 Å². The first kappa shape index (κ1) is 10.6. The van der Waals surface area contributed by atoms with Crippen molar-refractivity contribution < 1.29 is 4.84 Å². The van der Waals surface area contributed by atoms with Gasteiger partial charge in [0.25, 0.3) is 0 Å². The summed E-state index contributed by atoms with van der Waals surface area (Å²) in [6, 6.07) is 11.1. The highest BCUT2D eigenvalue weighted by molar-refractivity contribution is 6.03. The second-order valence-electron chi connectivity index (χ2n) is 5.59. The Balaban J connectivity index is 1.64. The highest BCUT2D eigenvalue weighted by Gasteiger charge is 2.57. The molecule has 0 radical (unpaired) electrons. The van der Waals surface area contributed by atoms with Crippen LogP contribution < -0.4 is 0 Å². The van der Waals surface area contributed by atoms with Crippen LogP contribution >= 0.6 is 0 Å². The minimum absolute atomic E-state index is 0.305. The molecule has 2 bridgehead atoms. The van der Waals surface area contributed by atoms with E-state index < -0.39 is 0 Å². The van der Waals surface area contributed by atoms with Gasteiger partial charge in [-0.05, 0) is 24.4 Å². The summed E-state index contributed by atoms with van der Waals surface area (Å²) >= 11 is 0. The van der Waals surface area contributed by atoms with Gasteiger partial charge < -0.3 is 4.84 Å². The van der Waals surface area contributed by atoms with E-state index in [1.54, 1.807) is 0 Å². The van der Waals surface area contributed by atoms with E-state index in [0.717, 1.165) is 12.5 Å². The second-order valence-corrected chi connectivity index (χ2v) is 5.59. The number of likely N-dealkylation sites (N-methyl/N-ethyl adjacent to an activating group) is 1. The Labute approximate surface area is 107 Å². The lowest BCUT2D eigenvalue weighted by Gasteiger charge is -2.32. The average molecular weight is 242 g/mol. The molecule has 18 heavy (non-hydrogen) atoms. The number of hydrogen-bond acceptors (Lipinski definition) is 3. The van der Waals surface area contributed by atoms with E-state index in [1.807, 2.05) is 0 Å². The number of likely N-dealkylation sites (tertiary alicyclic amines) is 1. The van der Waals surface area contributed by atoms with E-state index in [1.165, 1.54) is 24.2 Å². The van der Waals surface area contributed by atoms with Gasteiger partial charge in [0.05, 0.1) is 17.7 Å². The molecule has 1 aromatic rings. The molecule has 3 nitrogen and oxygen atoms in total. The fourth-order valence-electron chi connectivity index (χ4n) is 3.99. The minimum atomic E-state index is 0.305. The molecule has 0 spiro atoms. The first-order valence-corrected chi connectivity index (χ1v) is 6.91. The lowest BCUT2D eigenvalue weighted by molar-refractivity contribution is -0.00200. The normalized spacial score (nSPS) is 37.5. The minimum Gasteiger partial charge on any atom is -0.390 e. The molecule has 2 fully saturated rings. The van der Waals surface area contributed by atoms with Crippen LogP contribution in [0.3, 0.4) is 0 Å². The summed E-state index contributed by atoms with van der Waals surface area (Å²) < 4.78 is 0. The van der Waals surface area contributed by atoms with Crippen LogP contribution in [0.4, 0.5) is 0 Å². The summed E-state index contributed by atoms with van der Waals surface area (Å²) in [4.78, 5) is 8.31. The average Bonchev–Trinajstić information content (AvgIpc) is 3.10. The number of hydrogen-bond donors (Lipinski definition) is 0. The van der Waals surface area contributed by atoms with E-state index in [9.17, 15) is 0 Å². The van der Waals surface area contributed by atoms with E-state index in [0.29, 0.717) is 18.1 Å². The molecule has 3 aliphatic rings. The molecular weight excluding hydrogens is 224 g/mol. The van der Waals surface area contributed by atoms with Crippen LogP contribution in [0, 0.1) is 11.8 Å². The van der Waals surface area contributed by atoms with Crippen molar-refractivity contribution >= 4 is 5.71 Å². The van der Waals surface area contributed by atoms with Crippen molar-refractivity contribution in [1.29, 1.82) is 0 Å². The van der Waals surface area contributed by atoms with E-state index in [2.05, 4.69) is 47.3 Å². The molecule has 0 amide bonds. The molecule has 0 N–H and O–H groups in total. The summed E-state index contributed by atoms with van der Waals surface area (Å²) in [5.74, 6) is 1.27. The van der Waals surface area contributed by atoms with Crippen molar-refractivity contribution in [3.05, 3.63) is 35.9 Å². The predicted molar refractivity (Wildman–Crippen MR) is 70.5 cm³/mol. The molecule has 1 saturated heterocycles. The lowest BCUT2D eigenvalue weighted by atomic mass is 9.85. The lowest BCUT2D eigenvalue weighted by Crippen LogP contribution is -2.46. The van der Waals surface area contributed by atoms with Crippen LogP contribution in [-0.4, -0.2) is 35.8 Å². The van der Waals surface area contributed by atoms with Crippen molar-refractivity contribution in [3.63, 3.8) is 0 Å². The third-order valence-electron chi connectivity index (χ3n) is 4.79. The van der Waals surface area contributed by atoms with Crippen LogP contribution in [0.25, 0.3) is 0 Å². The van der Waals surface area contributed by atoms with Crippen LogP contribution in [0.5, 0.6) is 0 Å². The van der Waals surface area contributed by atoms with Gasteiger partial charge in [-0.3, -0.25) is 4.90 Å². The number of piperidine rings is 1. The highest BCUT2D eigenvalue weighted by atomic mass is 16.6. The predicted octanol–water partition coefficient (Wildman–Crippen LogP) is 2.13. The van der Waals surface area contributed by atoms with Crippen LogP contribution in [0.15, 0.2) is 35.5 Å². The third-order valence-corrected chi connectivity index (χ3v) is 4.79. The van der Waals surface area contributed by atoms with Crippen molar-refractivity contribution in [2.75, 3.05) is 13.1 Å². The Bertz CT molecular complexity index is 483. The molecule has 4 rings (SSSR count). The van der Waals surface area contributed by atoms with Crippen LogP contribution in [-0.2, 0) is 4.84 Å². The zero-order chi connectivity index (χ0) is 12.1. The number of rotatable bonds is 2. The van der Waals surface area contributed by atoms with Crippen LogP contribution in [0.1, 0.15) is 18.9 Å². The first-order chi connectivity index (χ1) is 8.88. The zero-order valence-electron chi connectivity index (χ0n) is 10.6. The van der Waals surface area contributed by atoms with Gasteiger partial charge in [0.15, 0.2) is 6.10 Å². The van der Waals surface area contributed by atoms with Gasteiger partial charge in [0.1, 0.15) is 0 Å².